The van der Waals surface area contributed by atoms with Gasteiger partial charge < -0.3 is 10.4 Å². The van der Waals surface area contributed by atoms with E-state index in [1.165, 1.54) is 36.4 Å². The Morgan fingerprint density at radius 1 is 1.00 bits per heavy atom. The van der Waals surface area contributed by atoms with Gasteiger partial charge in [0.05, 0.1) is 10.5 Å². The Balaban J connectivity index is 1.91. The number of carboxylic acids is 1. The lowest BCUT2D eigenvalue weighted by Crippen LogP contribution is -2.30. The molecular weight excluding hydrogens is 368 g/mol. The fourth-order valence-corrected chi connectivity index (χ4v) is 3.64. The number of hydrogen-bond donors (Lipinski definition) is 3. The van der Waals surface area contributed by atoms with Gasteiger partial charge in [-0.2, -0.15) is 0 Å². The van der Waals surface area contributed by atoms with E-state index in [1.807, 2.05) is 0 Å². The number of anilines is 1. The number of nitrogens with one attached hydrogen (secondary N) is 2. The lowest BCUT2D eigenvalue weighted by atomic mass is 10.1. The van der Waals surface area contributed by atoms with Crippen molar-refractivity contribution in [1.82, 2.24) is 4.72 Å². The Morgan fingerprint density at radius 3 is 2.11 bits per heavy atom. The predicted octanol–water partition coefficient (Wildman–Crippen LogP) is 2.64. The van der Waals surface area contributed by atoms with Gasteiger partial charge in [0, 0.05) is 18.2 Å². The van der Waals surface area contributed by atoms with E-state index in [-0.39, 0.29) is 28.8 Å². The number of benzene rings is 2. The van der Waals surface area contributed by atoms with Gasteiger partial charge in [-0.15, -0.1) is 0 Å². The zero-order valence-electron chi connectivity index (χ0n) is 15.1. The van der Waals surface area contributed by atoms with Gasteiger partial charge in [-0.1, -0.05) is 12.1 Å². The first-order valence-corrected chi connectivity index (χ1v) is 9.90. The van der Waals surface area contributed by atoms with Crippen LogP contribution in [0.3, 0.4) is 0 Å². The number of rotatable bonds is 8. The minimum Gasteiger partial charge on any atom is -0.478 e. The van der Waals surface area contributed by atoms with Gasteiger partial charge in [0.2, 0.25) is 15.9 Å². The zero-order chi connectivity index (χ0) is 20.0. The second-order valence-electron chi connectivity index (χ2n) is 6.35. The van der Waals surface area contributed by atoms with Crippen LogP contribution in [0.15, 0.2) is 53.4 Å². The number of hydrogen-bond acceptors (Lipinski definition) is 4. The highest BCUT2D eigenvalue weighted by Crippen LogP contribution is 2.15. The van der Waals surface area contributed by atoms with Crippen molar-refractivity contribution in [3.63, 3.8) is 0 Å². The molecule has 0 aliphatic rings. The van der Waals surface area contributed by atoms with Crippen LogP contribution in [0.1, 0.15) is 36.2 Å². The summed E-state index contributed by atoms with van der Waals surface area (Å²) in [6.45, 7) is 3.47. The molecule has 2 aromatic carbocycles. The zero-order valence-corrected chi connectivity index (χ0v) is 15.9. The molecule has 0 fully saturated rings. The van der Waals surface area contributed by atoms with Crippen molar-refractivity contribution in [2.45, 2.75) is 37.6 Å². The highest BCUT2D eigenvalue weighted by Gasteiger charge is 2.15. The monoisotopic (exact) mass is 390 g/mol. The molecule has 0 aliphatic heterocycles. The summed E-state index contributed by atoms with van der Waals surface area (Å²) in [6, 6.07) is 12.1. The highest BCUT2D eigenvalue weighted by molar-refractivity contribution is 7.89. The summed E-state index contributed by atoms with van der Waals surface area (Å²) in [5, 5.41) is 11.6. The van der Waals surface area contributed by atoms with E-state index < -0.39 is 16.0 Å². The normalized spacial score (nSPS) is 11.4. The molecule has 0 aliphatic carbocycles. The molecule has 27 heavy (non-hydrogen) atoms. The summed E-state index contributed by atoms with van der Waals surface area (Å²) in [5.41, 5.74) is 1.56. The van der Waals surface area contributed by atoms with Crippen LogP contribution < -0.4 is 10.0 Å². The topological polar surface area (TPSA) is 113 Å². The first kappa shape index (κ1) is 20.6. The van der Waals surface area contributed by atoms with E-state index in [9.17, 15) is 18.0 Å². The van der Waals surface area contributed by atoms with Crippen LogP contribution in [-0.2, 0) is 21.2 Å². The third kappa shape index (κ3) is 6.19. The maximum atomic E-state index is 12.1. The summed E-state index contributed by atoms with van der Waals surface area (Å²) in [7, 11) is -3.57. The molecule has 0 heterocycles. The summed E-state index contributed by atoms with van der Waals surface area (Å²) in [5.74, 6) is -1.21. The lowest BCUT2D eigenvalue weighted by molar-refractivity contribution is -0.116. The van der Waals surface area contributed by atoms with Crippen molar-refractivity contribution in [2.24, 2.45) is 0 Å². The largest absolute Gasteiger partial charge is 0.478 e. The van der Waals surface area contributed by atoms with Crippen LogP contribution in [0.5, 0.6) is 0 Å². The number of carbonyl (C=O) groups excluding carboxylic acids is 1. The Bertz CT molecular complexity index is 904. The molecule has 144 valence electrons. The summed E-state index contributed by atoms with van der Waals surface area (Å²) < 4.78 is 26.6. The number of amides is 1. The Kier molecular flexibility index (Phi) is 6.70. The standard InChI is InChI=1S/C19H22N2O5S/c1-13(2)21-27(25,26)17-10-8-16(9-11-17)20-18(22)12-5-14-3-6-15(7-4-14)19(23)24/h3-4,6-11,13,21H,5,12H2,1-2H3,(H,20,22)(H,23,24). The molecule has 0 radical (unpaired) electrons. The van der Waals surface area contributed by atoms with Gasteiger partial charge in [0.1, 0.15) is 0 Å². The molecule has 2 rings (SSSR count). The molecule has 0 saturated carbocycles. The molecule has 7 nitrogen and oxygen atoms in total. The Hall–Kier alpha value is -2.71. The first-order chi connectivity index (χ1) is 12.7. The van der Waals surface area contributed by atoms with Gasteiger partial charge in [0.15, 0.2) is 0 Å². The summed E-state index contributed by atoms with van der Waals surface area (Å²) >= 11 is 0. The number of carboxylic acid groups (broad SMARTS) is 1. The second-order valence-corrected chi connectivity index (χ2v) is 8.06. The summed E-state index contributed by atoms with van der Waals surface area (Å²) in [4.78, 5) is 23.0. The number of aryl methyl sites for hydroxylation is 1. The lowest BCUT2D eigenvalue weighted by Gasteiger charge is -2.10. The molecule has 0 atom stereocenters. The first-order valence-electron chi connectivity index (χ1n) is 8.42. The van der Waals surface area contributed by atoms with Crippen LogP contribution in [0.4, 0.5) is 5.69 Å². The van der Waals surface area contributed by atoms with E-state index in [1.54, 1.807) is 26.0 Å². The van der Waals surface area contributed by atoms with Gasteiger partial charge in [-0.3, -0.25) is 4.79 Å². The molecule has 0 spiro atoms. The maximum absolute atomic E-state index is 12.1. The fourth-order valence-electron chi connectivity index (χ4n) is 2.39. The molecular formula is C19H22N2O5S. The Labute approximate surface area is 158 Å². The van der Waals surface area contributed by atoms with E-state index in [4.69, 9.17) is 5.11 Å². The minimum absolute atomic E-state index is 0.132. The van der Waals surface area contributed by atoms with Gasteiger partial charge >= 0.3 is 5.97 Å². The fraction of sp³-hybridized carbons (Fsp3) is 0.263. The molecule has 0 aromatic heterocycles. The molecule has 0 unspecified atom stereocenters. The quantitative estimate of drug-likeness (QED) is 0.641. The van der Waals surface area contributed by atoms with Gasteiger partial charge in [0.25, 0.3) is 0 Å². The van der Waals surface area contributed by atoms with Crippen LogP contribution in [0, 0.1) is 0 Å². The van der Waals surface area contributed by atoms with E-state index >= 15 is 0 Å². The molecule has 2 aromatic rings. The molecule has 0 bridgehead atoms. The highest BCUT2D eigenvalue weighted by atomic mass is 32.2. The molecule has 3 N–H and O–H groups in total. The van der Waals surface area contributed by atoms with Crippen LogP contribution in [-0.4, -0.2) is 31.4 Å². The molecule has 0 saturated heterocycles. The summed E-state index contributed by atoms with van der Waals surface area (Å²) in [6.07, 6.45) is 0.692. The van der Waals surface area contributed by atoms with Crippen molar-refractivity contribution in [2.75, 3.05) is 5.32 Å². The van der Waals surface area contributed by atoms with Crippen molar-refractivity contribution < 1.29 is 23.1 Å². The smallest absolute Gasteiger partial charge is 0.335 e. The Morgan fingerprint density at radius 2 is 1.59 bits per heavy atom. The van der Waals surface area contributed by atoms with Crippen molar-refractivity contribution in [1.29, 1.82) is 0 Å². The van der Waals surface area contributed by atoms with Gasteiger partial charge in [-0.25, -0.2) is 17.9 Å². The number of carbonyl (C=O) groups is 2. The number of aromatic carboxylic acids is 1. The van der Waals surface area contributed by atoms with E-state index in [2.05, 4.69) is 10.0 Å². The van der Waals surface area contributed by atoms with Gasteiger partial charge in [-0.05, 0) is 62.2 Å². The van der Waals surface area contributed by atoms with Crippen molar-refractivity contribution in [3.8, 4) is 0 Å². The predicted molar refractivity (Wildman–Crippen MR) is 102 cm³/mol. The van der Waals surface area contributed by atoms with E-state index in [0.717, 1.165) is 5.56 Å². The molecule has 8 heteroatoms. The van der Waals surface area contributed by atoms with Crippen LogP contribution >= 0.6 is 0 Å². The second kappa shape index (κ2) is 8.79. The average Bonchev–Trinajstić information content (AvgIpc) is 2.59. The average molecular weight is 390 g/mol. The maximum Gasteiger partial charge on any atom is 0.335 e. The SMILES string of the molecule is CC(C)NS(=O)(=O)c1ccc(NC(=O)CCc2ccc(C(=O)O)cc2)cc1. The van der Waals surface area contributed by atoms with E-state index in [0.29, 0.717) is 12.1 Å². The van der Waals surface area contributed by atoms with Crippen molar-refractivity contribution >= 4 is 27.6 Å². The third-order valence-corrected chi connectivity index (χ3v) is 5.36. The van der Waals surface area contributed by atoms with Crippen molar-refractivity contribution in [3.05, 3.63) is 59.7 Å². The molecule has 1 amide bonds. The van der Waals surface area contributed by atoms with Crippen LogP contribution in [0.2, 0.25) is 0 Å². The minimum atomic E-state index is -3.57. The van der Waals surface area contributed by atoms with Crippen LogP contribution in [0.25, 0.3) is 0 Å². The third-order valence-electron chi connectivity index (χ3n) is 3.68. The number of sulfonamides is 1.